The molecule has 0 radical (unpaired) electrons. The number of nitrogens with zero attached hydrogens (tertiary/aromatic N) is 2. The van der Waals surface area contributed by atoms with Crippen LogP contribution in [0.25, 0.3) is 0 Å². The van der Waals surface area contributed by atoms with Crippen molar-refractivity contribution in [3.05, 3.63) is 94.8 Å². The maximum atomic E-state index is 12.3. The number of benzene rings is 2. The zero-order valence-electron chi connectivity index (χ0n) is 15.0. The third kappa shape index (κ3) is 5.02. The van der Waals surface area contributed by atoms with Crippen molar-refractivity contribution >= 4 is 34.8 Å². The van der Waals surface area contributed by atoms with Gasteiger partial charge >= 0.3 is 0 Å². The zero-order chi connectivity index (χ0) is 19.9. The second-order valence-electron chi connectivity index (χ2n) is 5.92. The van der Waals surface area contributed by atoms with Crippen LogP contribution in [0.3, 0.4) is 0 Å². The number of anilines is 1. The number of amides is 2. The van der Waals surface area contributed by atoms with Gasteiger partial charge in [0.15, 0.2) is 0 Å². The topological polar surface area (TPSA) is 83.4 Å². The molecule has 2 aromatic carbocycles. The van der Waals surface area contributed by atoms with Crippen LogP contribution in [0.15, 0.2) is 78.2 Å². The molecule has 0 saturated heterocycles. The predicted molar refractivity (Wildman–Crippen MR) is 110 cm³/mol. The van der Waals surface area contributed by atoms with Crippen molar-refractivity contribution in [2.24, 2.45) is 5.10 Å². The number of rotatable bonds is 5. The first-order valence-corrected chi connectivity index (χ1v) is 8.83. The number of hydrogen-bond acceptors (Lipinski definition) is 4. The molecule has 0 atom stereocenters. The van der Waals surface area contributed by atoms with E-state index >= 15 is 0 Å². The summed E-state index contributed by atoms with van der Waals surface area (Å²) in [5, 5.41) is 7.53. The molecular formula is C21H17ClN4O2. The lowest BCUT2D eigenvalue weighted by Gasteiger charge is -2.08. The number of pyridine rings is 1. The Morgan fingerprint density at radius 2 is 1.57 bits per heavy atom. The molecule has 1 aromatic heterocycles. The maximum Gasteiger partial charge on any atom is 0.271 e. The van der Waals surface area contributed by atoms with Crippen molar-refractivity contribution in [3.63, 3.8) is 0 Å². The fourth-order valence-corrected chi connectivity index (χ4v) is 2.52. The minimum absolute atomic E-state index is 0.241. The van der Waals surface area contributed by atoms with E-state index in [1.807, 2.05) is 6.07 Å². The van der Waals surface area contributed by atoms with Crippen molar-refractivity contribution in [2.45, 2.75) is 6.92 Å². The van der Waals surface area contributed by atoms with Gasteiger partial charge in [-0.3, -0.25) is 14.6 Å². The van der Waals surface area contributed by atoms with Crippen LogP contribution in [0.4, 0.5) is 5.69 Å². The average molecular weight is 393 g/mol. The molecule has 7 heteroatoms. The summed E-state index contributed by atoms with van der Waals surface area (Å²) in [4.78, 5) is 28.3. The second kappa shape index (κ2) is 8.92. The number of hydrazone groups is 1. The smallest absolute Gasteiger partial charge is 0.271 e. The summed E-state index contributed by atoms with van der Waals surface area (Å²) >= 11 is 5.85. The number of hydrogen-bond donors (Lipinski definition) is 2. The van der Waals surface area contributed by atoms with Gasteiger partial charge < -0.3 is 5.32 Å². The Morgan fingerprint density at radius 1 is 0.893 bits per heavy atom. The summed E-state index contributed by atoms with van der Waals surface area (Å²) < 4.78 is 0. The van der Waals surface area contributed by atoms with Crippen molar-refractivity contribution in [1.82, 2.24) is 10.4 Å². The standard InChI is InChI=1S/C21H17ClN4O2/c1-14(25-26-21(28)16-9-11-23-12-10-16)17-3-2-4-19(13-17)24-20(27)15-5-7-18(22)8-6-15/h2-13H,1H3,(H,24,27)(H,26,28). The van der Waals surface area contributed by atoms with Gasteiger partial charge in [-0.05, 0) is 61.0 Å². The third-order valence-corrected chi connectivity index (χ3v) is 4.16. The van der Waals surface area contributed by atoms with Crippen LogP contribution in [-0.4, -0.2) is 22.5 Å². The molecule has 0 bridgehead atoms. The molecule has 0 unspecified atom stereocenters. The quantitative estimate of drug-likeness (QED) is 0.505. The third-order valence-electron chi connectivity index (χ3n) is 3.91. The van der Waals surface area contributed by atoms with E-state index in [1.165, 1.54) is 0 Å². The van der Waals surface area contributed by atoms with Crippen molar-refractivity contribution < 1.29 is 9.59 Å². The lowest BCUT2D eigenvalue weighted by atomic mass is 10.1. The number of aromatic nitrogens is 1. The average Bonchev–Trinajstić information content (AvgIpc) is 2.73. The molecular weight excluding hydrogens is 376 g/mol. The SMILES string of the molecule is CC(=NNC(=O)c1ccncc1)c1cccc(NC(=O)c2ccc(Cl)cc2)c1. The number of nitrogens with one attached hydrogen (secondary N) is 2. The lowest BCUT2D eigenvalue weighted by Crippen LogP contribution is -2.19. The number of carbonyl (C=O) groups excluding carboxylic acids is 2. The molecule has 2 N–H and O–H groups in total. The second-order valence-corrected chi connectivity index (χ2v) is 6.35. The van der Waals surface area contributed by atoms with Gasteiger partial charge in [0.1, 0.15) is 0 Å². The van der Waals surface area contributed by atoms with E-state index in [2.05, 4.69) is 20.8 Å². The van der Waals surface area contributed by atoms with Gasteiger partial charge in [-0.15, -0.1) is 0 Å². The van der Waals surface area contributed by atoms with E-state index in [4.69, 9.17) is 11.6 Å². The summed E-state index contributed by atoms with van der Waals surface area (Å²) in [6.07, 6.45) is 3.08. The Kier molecular flexibility index (Phi) is 6.14. The highest BCUT2D eigenvalue weighted by molar-refractivity contribution is 6.30. The van der Waals surface area contributed by atoms with Crippen molar-refractivity contribution in [2.75, 3.05) is 5.32 Å². The van der Waals surface area contributed by atoms with E-state index in [9.17, 15) is 9.59 Å². The van der Waals surface area contributed by atoms with E-state index < -0.39 is 0 Å². The van der Waals surface area contributed by atoms with E-state index in [1.54, 1.807) is 73.9 Å². The Balaban J connectivity index is 1.69. The molecule has 3 aromatic rings. The molecule has 0 saturated carbocycles. The molecule has 0 aliphatic rings. The molecule has 6 nitrogen and oxygen atoms in total. The number of halogens is 1. The van der Waals surface area contributed by atoms with Crippen LogP contribution < -0.4 is 10.7 Å². The van der Waals surface area contributed by atoms with Crippen LogP contribution in [0.5, 0.6) is 0 Å². The van der Waals surface area contributed by atoms with Gasteiger partial charge in [-0.25, -0.2) is 5.43 Å². The first-order chi connectivity index (χ1) is 13.5. The van der Waals surface area contributed by atoms with Crippen LogP contribution in [0.1, 0.15) is 33.2 Å². The highest BCUT2D eigenvalue weighted by Crippen LogP contribution is 2.15. The fourth-order valence-electron chi connectivity index (χ4n) is 2.39. The summed E-state index contributed by atoms with van der Waals surface area (Å²) in [5.41, 5.74) is 5.47. The molecule has 0 spiro atoms. The van der Waals surface area contributed by atoms with Gasteiger partial charge in [0.05, 0.1) is 5.71 Å². The van der Waals surface area contributed by atoms with Crippen LogP contribution in [0.2, 0.25) is 5.02 Å². The predicted octanol–water partition coefficient (Wildman–Crippen LogP) is 4.14. The Morgan fingerprint density at radius 3 is 2.29 bits per heavy atom. The summed E-state index contributed by atoms with van der Waals surface area (Å²) in [7, 11) is 0. The molecule has 3 rings (SSSR count). The van der Waals surface area contributed by atoms with Crippen LogP contribution in [-0.2, 0) is 0 Å². The Labute approximate surface area is 167 Å². The van der Waals surface area contributed by atoms with Crippen molar-refractivity contribution in [1.29, 1.82) is 0 Å². The molecule has 140 valence electrons. The highest BCUT2D eigenvalue weighted by atomic mass is 35.5. The molecule has 1 heterocycles. The van der Waals surface area contributed by atoms with E-state index in [0.717, 1.165) is 5.56 Å². The minimum Gasteiger partial charge on any atom is -0.322 e. The van der Waals surface area contributed by atoms with Crippen molar-refractivity contribution in [3.8, 4) is 0 Å². The molecule has 2 amide bonds. The lowest BCUT2D eigenvalue weighted by molar-refractivity contribution is 0.0954. The van der Waals surface area contributed by atoms with E-state index in [-0.39, 0.29) is 11.8 Å². The first kappa shape index (κ1) is 19.3. The van der Waals surface area contributed by atoms with Gasteiger partial charge in [0.2, 0.25) is 0 Å². The highest BCUT2D eigenvalue weighted by Gasteiger charge is 2.08. The minimum atomic E-state index is -0.325. The maximum absolute atomic E-state index is 12.3. The first-order valence-electron chi connectivity index (χ1n) is 8.45. The van der Waals surface area contributed by atoms with Gasteiger partial charge in [0.25, 0.3) is 11.8 Å². The summed E-state index contributed by atoms with van der Waals surface area (Å²) in [6, 6.07) is 17.0. The van der Waals surface area contributed by atoms with Crippen LogP contribution in [0, 0.1) is 0 Å². The molecule has 0 fully saturated rings. The Hall–Kier alpha value is -3.51. The van der Waals surface area contributed by atoms with Gasteiger partial charge in [0, 0.05) is 34.2 Å². The fraction of sp³-hybridized carbons (Fsp3) is 0.0476. The molecule has 28 heavy (non-hydrogen) atoms. The zero-order valence-corrected chi connectivity index (χ0v) is 15.8. The van der Waals surface area contributed by atoms with E-state index in [0.29, 0.717) is 27.5 Å². The normalized spacial score (nSPS) is 11.0. The Bertz CT molecular complexity index is 1020. The monoisotopic (exact) mass is 392 g/mol. The van der Waals surface area contributed by atoms with Crippen LogP contribution >= 0.6 is 11.6 Å². The van der Waals surface area contributed by atoms with Gasteiger partial charge in [-0.2, -0.15) is 5.10 Å². The summed E-state index contributed by atoms with van der Waals surface area (Å²) in [5.74, 6) is -0.566. The molecule has 0 aliphatic heterocycles. The summed E-state index contributed by atoms with van der Waals surface area (Å²) in [6.45, 7) is 1.77. The largest absolute Gasteiger partial charge is 0.322 e. The number of carbonyl (C=O) groups is 2. The molecule has 0 aliphatic carbocycles. The van der Waals surface area contributed by atoms with Gasteiger partial charge in [-0.1, -0.05) is 23.7 Å².